The van der Waals surface area contributed by atoms with Gasteiger partial charge in [0, 0.05) is 11.3 Å². The highest BCUT2D eigenvalue weighted by Crippen LogP contribution is 2.32. The Morgan fingerprint density at radius 1 is 0.972 bits per heavy atom. The summed E-state index contributed by atoms with van der Waals surface area (Å²) in [6.07, 6.45) is 16.9. The van der Waals surface area contributed by atoms with Gasteiger partial charge in [-0.1, -0.05) is 93.1 Å². The Labute approximate surface area is 222 Å². The second-order valence-corrected chi connectivity index (χ2v) is 9.54. The molecule has 1 heteroatoms. The summed E-state index contributed by atoms with van der Waals surface area (Å²) in [5.74, 6) is 1.70. The fourth-order valence-corrected chi connectivity index (χ4v) is 4.59. The molecule has 1 fully saturated rings. The molecular formula is C35H49N. The Hall–Kier alpha value is -2.93. The van der Waals surface area contributed by atoms with Gasteiger partial charge in [-0.25, -0.2) is 0 Å². The molecule has 1 saturated carbocycles. The molecule has 2 aromatic rings. The molecule has 0 amide bonds. The van der Waals surface area contributed by atoms with Gasteiger partial charge in [-0.15, -0.1) is 13.2 Å². The summed E-state index contributed by atoms with van der Waals surface area (Å²) in [5.41, 5.74) is 7.61. The molecule has 2 aromatic carbocycles. The minimum absolute atomic E-state index is 0.780. The van der Waals surface area contributed by atoms with Crippen LogP contribution in [0.1, 0.15) is 81.5 Å². The van der Waals surface area contributed by atoms with Crippen LogP contribution in [0.25, 0.3) is 0 Å². The van der Waals surface area contributed by atoms with Crippen molar-refractivity contribution in [3.05, 3.63) is 121 Å². The number of aryl methyl sites for hydroxylation is 2. The SMILES string of the molecule is C=CC.C=CC(=N/C(=C\C)CC)c1ccccc1.C=CC1CCCC(CCc2cccc(C)c2C)C1. The van der Waals surface area contributed by atoms with E-state index in [9.17, 15) is 0 Å². The molecule has 194 valence electrons. The van der Waals surface area contributed by atoms with Crippen LogP contribution in [0.15, 0.2) is 103 Å². The molecule has 0 heterocycles. The maximum Gasteiger partial charge on any atom is 0.0699 e. The van der Waals surface area contributed by atoms with Crippen molar-refractivity contribution in [2.45, 2.75) is 79.6 Å². The van der Waals surface area contributed by atoms with Crippen LogP contribution < -0.4 is 0 Å². The van der Waals surface area contributed by atoms with Gasteiger partial charge in [0.2, 0.25) is 0 Å². The largest absolute Gasteiger partial charge is 0.253 e. The van der Waals surface area contributed by atoms with E-state index >= 15 is 0 Å². The third kappa shape index (κ3) is 11.2. The molecule has 1 nitrogen and oxygen atoms in total. The number of hydrogen-bond acceptors (Lipinski definition) is 1. The standard InChI is InChI=1S/C18H26.C14H17N.C3H6/c1-4-16-8-6-9-17(13-16)11-12-18-10-5-7-14(2)15(18)3;1-4-13(5-2)15-14(6-3)12-10-8-7-9-11-12;1-3-2/h4-5,7,10,16-17H,1,6,8-9,11-13H2,2-3H3;4,6-11H,3,5H2,1-2H3;3H,1H2,2H3/b;13-4-,15-14?;. The summed E-state index contributed by atoms with van der Waals surface area (Å²) in [6, 6.07) is 16.8. The highest BCUT2D eigenvalue weighted by atomic mass is 14.8. The predicted octanol–water partition coefficient (Wildman–Crippen LogP) is 10.4. The molecule has 0 aromatic heterocycles. The smallest absolute Gasteiger partial charge is 0.0699 e. The van der Waals surface area contributed by atoms with E-state index < -0.39 is 0 Å². The molecule has 0 saturated heterocycles. The van der Waals surface area contributed by atoms with E-state index in [1.165, 1.54) is 49.7 Å². The summed E-state index contributed by atoms with van der Waals surface area (Å²) in [4.78, 5) is 4.56. The minimum Gasteiger partial charge on any atom is -0.253 e. The van der Waals surface area contributed by atoms with E-state index in [0.29, 0.717) is 0 Å². The van der Waals surface area contributed by atoms with Crippen LogP contribution in [-0.2, 0) is 6.42 Å². The van der Waals surface area contributed by atoms with Crippen molar-refractivity contribution < 1.29 is 0 Å². The zero-order chi connectivity index (χ0) is 26.8. The zero-order valence-corrected chi connectivity index (χ0v) is 23.6. The van der Waals surface area contributed by atoms with Crippen LogP contribution in [0.5, 0.6) is 0 Å². The summed E-state index contributed by atoms with van der Waals surface area (Å²) >= 11 is 0. The highest BCUT2D eigenvalue weighted by molar-refractivity contribution is 6.08. The molecule has 1 aliphatic rings. The van der Waals surface area contributed by atoms with Gasteiger partial charge in [-0.05, 0) is 94.4 Å². The van der Waals surface area contributed by atoms with E-state index in [1.807, 2.05) is 50.3 Å². The van der Waals surface area contributed by atoms with Crippen LogP contribution in [0.3, 0.4) is 0 Å². The fourth-order valence-electron chi connectivity index (χ4n) is 4.59. The first-order valence-electron chi connectivity index (χ1n) is 13.6. The van der Waals surface area contributed by atoms with Crippen molar-refractivity contribution in [3.63, 3.8) is 0 Å². The number of aliphatic imine (C=N–C) groups is 1. The average molecular weight is 484 g/mol. The average Bonchev–Trinajstić information content (AvgIpc) is 2.92. The zero-order valence-electron chi connectivity index (χ0n) is 23.6. The molecule has 0 bridgehead atoms. The molecular weight excluding hydrogens is 434 g/mol. The first-order chi connectivity index (χ1) is 17.4. The first-order valence-corrected chi connectivity index (χ1v) is 13.6. The Kier molecular flexibility index (Phi) is 15.9. The fraction of sp³-hybridized carbons (Fsp3) is 0.400. The Bertz CT molecular complexity index is 977. The van der Waals surface area contributed by atoms with Crippen molar-refractivity contribution in [1.82, 2.24) is 0 Å². The molecule has 36 heavy (non-hydrogen) atoms. The summed E-state index contributed by atoms with van der Waals surface area (Å²) in [6.45, 7) is 21.6. The third-order valence-corrected chi connectivity index (χ3v) is 6.92. The van der Waals surface area contributed by atoms with E-state index in [2.05, 4.69) is 69.8 Å². The summed E-state index contributed by atoms with van der Waals surface area (Å²) < 4.78 is 0. The lowest BCUT2D eigenvalue weighted by molar-refractivity contribution is 0.290. The molecule has 0 aliphatic heterocycles. The maximum absolute atomic E-state index is 4.56. The van der Waals surface area contributed by atoms with Crippen LogP contribution in [0, 0.1) is 25.7 Å². The van der Waals surface area contributed by atoms with Crippen LogP contribution in [0.4, 0.5) is 0 Å². The Morgan fingerprint density at radius 3 is 2.25 bits per heavy atom. The van der Waals surface area contributed by atoms with Crippen molar-refractivity contribution in [1.29, 1.82) is 0 Å². The van der Waals surface area contributed by atoms with Crippen molar-refractivity contribution in [2.75, 3.05) is 0 Å². The van der Waals surface area contributed by atoms with Gasteiger partial charge in [0.25, 0.3) is 0 Å². The lowest BCUT2D eigenvalue weighted by Gasteiger charge is -2.27. The second kappa shape index (κ2) is 18.4. The van der Waals surface area contributed by atoms with E-state index in [0.717, 1.165) is 35.2 Å². The van der Waals surface area contributed by atoms with Gasteiger partial charge in [0.1, 0.15) is 0 Å². The molecule has 3 rings (SSSR count). The molecule has 0 N–H and O–H groups in total. The van der Waals surface area contributed by atoms with Gasteiger partial charge < -0.3 is 0 Å². The number of hydrogen-bond donors (Lipinski definition) is 0. The monoisotopic (exact) mass is 483 g/mol. The molecule has 0 spiro atoms. The van der Waals surface area contributed by atoms with Crippen LogP contribution in [-0.4, -0.2) is 5.71 Å². The second-order valence-electron chi connectivity index (χ2n) is 9.54. The normalized spacial score (nSPS) is 17.6. The molecule has 0 radical (unpaired) electrons. The Balaban J connectivity index is 0.000000329. The maximum atomic E-state index is 4.56. The Morgan fingerprint density at radius 2 is 1.67 bits per heavy atom. The van der Waals surface area contributed by atoms with Gasteiger partial charge in [0.15, 0.2) is 0 Å². The van der Waals surface area contributed by atoms with Crippen LogP contribution >= 0.6 is 0 Å². The molecule has 1 aliphatic carbocycles. The van der Waals surface area contributed by atoms with Gasteiger partial charge in [-0.3, -0.25) is 4.99 Å². The number of nitrogens with zero attached hydrogens (tertiary/aromatic N) is 1. The van der Waals surface area contributed by atoms with E-state index in [-0.39, 0.29) is 0 Å². The summed E-state index contributed by atoms with van der Waals surface area (Å²) in [7, 11) is 0. The highest BCUT2D eigenvalue weighted by Gasteiger charge is 2.19. The third-order valence-electron chi connectivity index (χ3n) is 6.92. The minimum atomic E-state index is 0.780. The van der Waals surface area contributed by atoms with Crippen LogP contribution in [0.2, 0.25) is 0 Å². The predicted molar refractivity (Wildman–Crippen MR) is 163 cm³/mol. The molecule has 2 unspecified atom stereocenters. The van der Waals surface area contributed by atoms with Crippen molar-refractivity contribution in [2.24, 2.45) is 16.8 Å². The number of rotatable bonds is 8. The van der Waals surface area contributed by atoms with Gasteiger partial charge in [0.05, 0.1) is 5.71 Å². The lowest BCUT2D eigenvalue weighted by Crippen LogP contribution is -2.14. The first kappa shape index (κ1) is 31.1. The van der Waals surface area contributed by atoms with Gasteiger partial charge in [-0.2, -0.15) is 0 Å². The van der Waals surface area contributed by atoms with Crippen molar-refractivity contribution >= 4 is 5.71 Å². The quantitative estimate of drug-likeness (QED) is 0.261. The topological polar surface area (TPSA) is 12.4 Å². The van der Waals surface area contributed by atoms with E-state index in [1.54, 1.807) is 17.7 Å². The summed E-state index contributed by atoms with van der Waals surface area (Å²) in [5, 5.41) is 0. The number of benzene rings is 2. The van der Waals surface area contributed by atoms with E-state index in [4.69, 9.17) is 0 Å². The van der Waals surface area contributed by atoms with Gasteiger partial charge >= 0.3 is 0 Å². The van der Waals surface area contributed by atoms with Crippen molar-refractivity contribution in [3.8, 4) is 0 Å². The molecule has 2 atom stereocenters. The lowest BCUT2D eigenvalue weighted by atomic mass is 9.78. The number of allylic oxidation sites excluding steroid dienone is 5.